The largest absolute Gasteiger partial charge is 0.493 e. The first kappa shape index (κ1) is 13.5. The number of aliphatic hydroxyl groups excluding tert-OH is 1. The van der Waals surface area contributed by atoms with Crippen molar-refractivity contribution in [3.05, 3.63) is 60.0 Å². The number of fused-ring (bicyclic) bond motifs is 1. The summed E-state index contributed by atoms with van der Waals surface area (Å²) in [7, 11) is 1.59. The molecular weight excluding hydrogens is 268 g/mol. The Balaban J connectivity index is 1.80. The monoisotopic (exact) mass is 284 g/mol. The zero-order valence-electron chi connectivity index (χ0n) is 11.7. The van der Waals surface area contributed by atoms with Crippen molar-refractivity contribution in [2.75, 3.05) is 7.11 Å². The molecule has 0 aliphatic carbocycles. The van der Waals surface area contributed by atoms with Crippen LogP contribution < -0.4 is 9.47 Å². The van der Waals surface area contributed by atoms with Gasteiger partial charge in [0.25, 0.3) is 0 Å². The number of hydrogen-bond donors (Lipinski definition) is 1. The Hall–Kier alpha value is -2.53. The number of nitrogens with zero attached hydrogens (tertiary/aromatic N) is 2. The third-order valence-electron chi connectivity index (χ3n) is 3.20. The van der Waals surface area contributed by atoms with Gasteiger partial charge < -0.3 is 19.0 Å². The van der Waals surface area contributed by atoms with E-state index in [-0.39, 0.29) is 6.61 Å². The van der Waals surface area contributed by atoms with Crippen LogP contribution in [0.1, 0.15) is 11.3 Å². The van der Waals surface area contributed by atoms with Gasteiger partial charge in [-0.2, -0.15) is 0 Å². The van der Waals surface area contributed by atoms with Crippen molar-refractivity contribution in [3.8, 4) is 11.5 Å². The zero-order chi connectivity index (χ0) is 14.7. The maximum atomic E-state index is 9.19. The second-order valence-electron chi connectivity index (χ2n) is 4.63. The molecule has 0 radical (unpaired) electrons. The fourth-order valence-corrected chi connectivity index (χ4v) is 2.14. The number of hydrogen-bond acceptors (Lipinski definition) is 4. The van der Waals surface area contributed by atoms with Crippen molar-refractivity contribution in [2.45, 2.75) is 13.2 Å². The molecule has 3 aromatic rings. The molecule has 1 N–H and O–H groups in total. The third-order valence-corrected chi connectivity index (χ3v) is 3.20. The van der Waals surface area contributed by atoms with E-state index in [9.17, 15) is 5.11 Å². The highest BCUT2D eigenvalue weighted by atomic mass is 16.5. The molecule has 0 unspecified atom stereocenters. The van der Waals surface area contributed by atoms with Crippen LogP contribution in [0.4, 0.5) is 0 Å². The average molecular weight is 284 g/mol. The molecule has 0 saturated heterocycles. The predicted molar refractivity (Wildman–Crippen MR) is 78.4 cm³/mol. The van der Waals surface area contributed by atoms with E-state index in [4.69, 9.17) is 9.47 Å². The van der Waals surface area contributed by atoms with Gasteiger partial charge in [-0.25, -0.2) is 4.98 Å². The number of benzene rings is 1. The lowest BCUT2D eigenvalue weighted by molar-refractivity contribution is 0.270. The molecule has 108 valence electrons. The average Bonchev–Trinajstić information content (AvgIpc) is 2.95. The second-order valence-corrected chi connectivity index (χ2v) is 4.63. The summed E-state index contributed by atoms with van der Waals surface area (Å²) in [5, 5.41) is 9.19. The number of imidazole rings is 1. The van der Waals surface area contributed by atoms with Crippen LogP contribution >= 0.6 is 0 Å². The Labute approximate surface area is 122 Å². The molecule has 0 aliphatic heterocycles. The summed E-state index contributed by atoms with van der Waals surface area (Å²) in [6, 6.07) is 11.2. The van der Waals surface area contributed by atoms with E-state index in [1.54, 1.807) is 25.3 Å². The normalized spacial score (nSPS) is 10.8. The minimum atomic E-state index is -0.0330. The summed E-state index contributed by atoms with van der Waals surface area (Å²) in [6.45, 7) is 0.307. The van der Waals surface area contributed by atoms with Gasteiger partial charge in [-0.05, 0) is 29.8 Å². The molecule has 0 aliphatic rings. The van der Waals surface area contributed by atoms with E-state index < -0.39 is 0 Å². The van der Waals surface area contributed by atoms with Crippen LogP contribution in [0.25, 0.3) is 5.65 Å². The Morgan fingerprint density at radius 2 is 2.10 bits per heavy atom. The van der Waals surface area contributed by atoms with Gasteiger partial charge in [0.05, 0.1) is 19.4 Å². The van der Waals surface area contributed by atoms with Gasteiger partial charge >= 0.3 is 0 Å². The van der Waals surface area contributed by atoms with Gasteiger partial charge in [-0.15, -0.1) is 0 Å². The van der Waals surface area contributed by atoms with Gasteiger partial charge in [0.15, 0.2) is 11.5 Å². The smallest absolute Gasteiger partial charge is 0.162 e. The van der Waals surface area contributed by atoms with Crippen molar-refractivity contribution < 1.29 is 14.6 Å². The minimum Gasteiger partial charge on any atom is -0.493 e. The van der Waals surface area contributed by atoms with Crippen molar-refractivity contribution >= 4 is 5.65 Å². The quantitative estimate of drug-likeness (QED) is 0.781. The van der Waals surface area contributed by atoms with Crippen LogP contribution in [-0.4, -0.2) is 21.6 Å². The first-order valence-electron chi connectivity index (χ1n) is 6.63. The van der Waals surface area contributed by atoms with Crippen molar-refractivity contribution in [1.82, 2.24) is 9.38 Å². The molecular formula is C16H16N2O3. The van der Waals surface area contributed by atoms with Crippen LogP contribution in [0.15, 0.2) is 48.8 Å². The molecule has 0 atom stereocenters. The van der Waals surface area contributed by atoms with Crippen molar-refractivity contribution in [3.63, 3.8) is 0 Å². The molecule has 0 bridgehead atoms. The Bertz CT molecular complexity index is 719. The van der Waals surface area contributed by atoms with Crippen LogP contribution in [0.2, 0.25) is 0 Å². The molecule has 3 rings (SSSR count). The zero-order valence-corrected chi connectivity index (χ0v) is 11.7. The van der Waals surface area contributed by atoms with Gasteiger partial charge in [0, 0.05) is 12.4 Å². The topological polar surface area (TPSA) is 56.0 Å². The molecule has 2 heterocycles. The number of aliphatic hydroxyl groups is 1. The van der Waals surface area contributed by atoms with Gasteiger partial charge in [-0.1, -0.05) is 12.1 Å². The molecule has 0 spiro atoms. The predicted octanol–water partition coefficient (Wildman–Crippen LogP) is 2.41. The molecule has 5 nitrogen and oxygen atoms in total. The summed E-state index contributed by atoms with van der Waals surface area (Å²) in [6.07, 6.45) is 3.87. The van der Waals surface area contributed by atoms with Gasteiger partial charge in [0.2, 0.25) is 0 Å². The lowest BCUT2D eigenvalue weighted by Gasteiger charge is -2.10. The maximum absolute atomic E-state index is 9.19. The van der Waals surface area contributed by atoms with Crippen LogP contribution in [0.3, 0.4) is 0 Å². The van der Waals surface area contributed by atoms with E-state index in [0.717, 1.165) is 16.9 Å². The number of pyridine rings is 1. The Morgan fingerprint density at radius 3 is 2.86 bits per heavy atom. The standard InChI is InChI=1S/C16H16N2O3/c1-20-14-6-5-12(10-19)8-15(14)21-11-13-9-18-7-3-2-4-16(18)17-13/h2-9,19H,10-11H2,1H3. The summed E-state index contributed by atoms with van der Waals surface area (Å²) in [5.41, 5.74) is 2.49. The lowest BCUT2D eigenvalue weighted by Crippen LogP contribution is -1.99. The summed E-state index contributed by atoms with van der Waals surface area (Å²) < 4.78 is 13.0. The fourth-order valence-electron chi connectivity index (χ4n) is 2.14. The molecule has 0 amide bonds. The van der Waals surface area contributed by atoms with Crippen molar-refractivity contribution in [2.24, 2.45) is 0 Å². The molecule has 21 heavy (non-hydrogen) atoms. The number of rotatable bonds is 5. The van der Waals surface area contributed by atoms with Gasteiger partial charge in [-0.3, -0.25) is 0 Å². The summed E-state index contributed by atoms with van der Waals surface area (Å²) in [5.74, 6) is 1.23. The highest BCUT2D eigenvalue weighted by Crippen LogP contribution is 2.28. The Kier molecular flexibility index (Phi) is 3.75. The van der Waals surface area contributed by atoms with E-state index in [1.165, 1.54) is 0 Å². The number of aromatic nitrogens is 2. The first-order valence-corrected chi connectivity index (χ1v) is 6.63. The SMILES string of the molecule is COc1ccc(CO)cc1OCc1cn2ccccc2n1. The number of ether oxygens (including phenoxy) is 2. The molecule has 5 heteroatoms. The van der Waals surface area contributed by atoms with E-state index in [0.29, 0.717) is 18.1 Å². The van der Waals surface area contributed by atoms with Crippen LogP contribution in [-0.2, 0) is 13.2 Å². The van der Waals surface area contributed by atoms with E-state index in [2.05, 4.69) is 4.98 Å². The van der Waals surface area contributed by atoms with Crippen molar-refractivity contribution in [1.29, 1.82) is 0 Å². The summed E-state index contributed by atoms with van der Waals surface area (Å²) >= 11 is 0. The Morgan fingerprint density at radius 1 is 1.19 bits per heavy atom. The summed E-state index contributed by atoms with van der Waals surface area (Å²) in [4.78, 5) is 4.47. The highest BCUT2D eigenvalue weighted by molar-refractivity contribution is 5.43. The fraction of sp³-hybridized carbons (Fsp3) is 0.188. The third kappa shape index (κ3) is 2.83. The molecule has 2 aromatic heterocycles. The molecule has 0 saturated carbocycles. The van der Waals surface area contributed by atoms with Crippen LogP contribution in [0.5, 0.6) is 11.5 Å². The minimum absolute atomic E-state index is 0.0330. The second kappa shape index (κ2) is 5.85. The highest BCUT2D eigenvalue weighted by Gasteiger charge is 2.07. The maximum Gasteiger partial charge on any atom is 0.162 e. The van der Waals surface area contributed by atoms with Crippen LogP contribution in [0, 0.1) is 0 Å². The molecule has 0 fully saturated rings. The molecule has 1 aromatic carbocycles. The first-order chi connectivity index (χ1) is 10.3. The van der Waals surface area contributed by atoms with E-state index in [1.807, 2.05) is 35.0 Å². The lowest BCUT2D eigenvalue weighted by atomic mass is 10.2. The van der Waals surface area contributed by atoms with Gasteiger partial charge in [0.1, 0.15) is 12.3 Å². The number of methoxy groups -OCH3 is 1. The van der Waals surface area contributed by atoms with E-state index >= 15 is 0 Å².